The van der Waals surface area contributed by atoms with Gasteiger partial charge in [0.15, 0.2) is 11.5 Å². The highest BCUT2D eigenvalue weighted by Crippen LogP contribution is 2.31. The zero-order valence-electron chi connectivity index (χ0n) is 17.9. The van der Waals surface area contributed by atoms with Crippen molar-refractivity contribution in [2.75, 3.05) is 11.9 Å². The molecule has 0 spiro atoms. The lowest BCUT2D eigenvalue weighted by Gasteiger charge is -2.03. The van der Waals surface area contributed by atoms with E-state index in [4.69, 9.17) is 15.0 Å². The molecule has 0 bridgehead atoms. The number of carboxylic acid groups (broad SMARTS) is 1. The summed E-state index contributed by atoms with van der Waals surface area (Å²) >= 11 is 0. The van der Waals surface area contributed by atoms with Crippen LogP contribution in [-0.2, 0) is 11.3 Å². The van der Waals surface area contributed by atoms with Crippen LogP contribution in [-0.4, -0.2) is 48.8 Å². The molecule has 1 fully saturated rings. The molecule has 0 saturated heterocycles. The lowest BCUT2D eigenvalue weighted by atomic mass is 10.2. The fourth-order valence-electron chi connectivity index (χ4n) is 3.19. The summed E-state index contributed by atoms with van der Waals surface area (Å²) in [5.74, 6) is -1.10. The number of anilines is 1. The second-order valence-corrected chi connectivity index (χ2v) is 7.83. The van der Waals surface area contributed by atoms with Gasteiger partial charge in [0.2, 0.25) is 0 Å². The summed E-state index contributed by atoms with van der Waals surface area (Å²) in [6.07, 6.45) is 1.09. The Morgan fingerprint density at radius 3 is 2.47 bits per heavy atom. The molecule has 3 heterocycles. The molecule has 5 rings (SSSR count). The summed E-state index contributed by atoms with van der Waals surface area (Å²) in [6, 6.07) is 16.3. The van der Waals surface area contributed by atoms with E-state index in [1.165, 1.54) is 18.4 Å². The number of carboxylic acids is 1. The second kappa shape index (κ2) is 9.86. The average Bonchev–Trinajstić information content (AvgIpc) is 3.60. The largest absolute Gasteiger partial charge is 0.490 e. The predicted octanol–water partition coefficient (Wildman–Crippen LogP) is 4.39. The molecule has 0 amide bonds. The van der Waals surface area contributed by atoms with Crippen LogP contribution in [0.3, 0.4) is 0 Å². The molecule has 1 aliphatic carbocycles. The second-order valence-electron chi connectivity index (χ2n) is 7.83. The molecule has 0 atom stereocenters. The van der Waals surface area contributed by atoms with Gasteiger partial charge in [0.25, 0.3) is 0 Å². The Morgan fingerprint density at radius 1 is 1.12 bits per heavy atom. The van der Waals surface area contributed by atoms with Gasteiger partial charge in [-0.05, 0) is 42.5 Å². The molecule has 0 unspecified atom stereocenters. The maximum Gasteiger partial charge on any atom is 0.490 e. The first-order valence-electron chi connectivity index (χ1n) is 10.5. The van der Waals surface area contributed by atoms with E-state index in [0.717, 1.165) is 40.6 Å². The van der Waals surface area contributed by atoms with Crippen LogP contribution in [0, 0.1) is 5.92 Å². The number of aliphatic carboxylic acids is 1. The minimum absolute atomic E-state index is 0.670. The Morgan fingerprint density at radius 2 is 1.85 bits per heavy atom. The first-order valence-corrected chi connectivity index (χ1v) is 10.5. The van der Waals surface area contributed by atoms with Crippen LogP contribution < -0.4 is 5.32 Å². The van der Waals surface area contributed by atoms with Crippen molar-refractivity contribution in [3.8, 4) is 11.3 Å². The highest BCUT2D eigenvalue weighted by atomic mass is 19.4. The summed E-state index contributed by atoms with van der Waals surface area (Å²) < 4.78 is 33.7. The zero-order valence-corrected chi connectivity index (χ0v) is 17.9. The maximum atomic E-state index is 10.6. The number of hydrogen-bond donors (Lipinski definition) is 2. The van der Waals surface area contributed by atoms with Crippen LogP contribution in [0.4, 0.5) is 19.0 Å². The van der Waals surface area contributed by atoms with E-state index in [0.29, 0.717) is 6.54 Å². The number of pyridine rings is 1. The predicted molar refractivity (Wildman–Crippen MR) is 119 cm³/mol. The van der Waals surface area contributed by atoms with Crippen molar-refractivity contribution in [2.24, 2.45) is 5.92 Å². The van der Waals surface area contributed by atoms with E-state index in [1.807, 2.05) is 41.2 Å². The minimum Gasteiger partial charge on any atom is -0.475 e. The number of carbonyl (C=O) groups is 1. The number of aromatic nitrogens is 5. The van der Waals surface area contributed by atoms with Gasteiger partial charge in [-0.25, -0.2) is 9.48 Å². The summed E-state index contributed by atoms with van der Waals surface area (Å²) in [4.78, 5) is 13.1. The van der Waals surface area contributed by atoms with E-state index in [2.05, 4.69) is 38.7 Å². The Hall–Kier alpha value is -4.02. The summed E-state index contributed by atoms with van der Waals surface area (Å²) in [6.45, 7) is 1.63. The van der Waals surface area contributed by atoms with Gasteiger partial charge in [0.05, 0.1) is 17.6 Å². The standard InChI is InChI=1S/C21H20N6.C2HF3O2/c1-2-5-16(6-3-1)14-27-21-18(20(26-27)23-12-15-8-9-15)11-19(24-25-21)17-7-4-10-22-13-17;3-2(4,5)1(6)7/h1-7,10-11,13,15H,8-9,12,14H2,(H,23,26);(H,6,7). The molecular weight excluding hydrogens is 449 g/mol. The molecule has 0 radical (unpaired) electrons. The van der Waals surface area contributed by atoms with Gasteiger partial charge in [0, 0.05) is 24.5 Å². The summed E-state index contributed by atoms with van der Waals surface area (Å²) in [5, 5.41) is 25.4. The zero-order chi connectivity index (χ0) is 24.1. The number of benzene rings is 1. The number of alkyl halides is 3. The van der Waals surface area contributed by atoms with Crippen LogP contribution in [0.5, 0.6) is 0 Å². The molecule has 34 heavy (non-hydrogen) atoms. The summed E-state index contributed by atoms with van der Waals surface area (Å²) in [7, 11) is 0. The molecule has 0 aliphatic heterocycles. The van der Waals surface area contributed by atoms with Crippen LogP contribution in [0.1, 0.15) is 18.4 Å². The quantitative estimate of drug-likeness (QED) is 0.430. The Balaban J connectivity index is 0.000000344. The Kier molecular flexibility index (Phi) is 6.71. The lowest BCUT2D eigenvalue weighted by Crippen LogP contribution is -2.21. The number of rotatable bonds is 6. The summed E-state index contributed by atoms with van der Waals surface area (Å²) in [5.41, 5.74) is 3.75. The smallest absolute Gasteiger partial charge is 0.475 e. The van der Waals surface area contributed by atoms with Crippen LogP contribution in [0.15, 0.2) is 60.9 Å². The highest BCUT2D eigenvalue weighted by molar-refractivity contribution is 5.89. The van der Waals surface area contributed by atoms with E-state index >= 15 is 0 Å². The number of halogens is 3. The van der Waals surface area contributed by atoms with Gasteiger partial charge in [-0.2, -0.15) is 18.3 Å². The Bertz CT molecular complexity index is 1260. The number of nitrogens with zero attached hydrogens (tertiary/aromatic N) is 5. The van der Waals surface area contributed by atoms with Gasteiger partial charge in [-0.3, -0.25) is 4.98 Å². The monoisotopic (exact) mass is 470 g/mol. The maximum absolute atomic E-state index is 10.6. The SMILES string of the molecule is O=C(O)C(F)(F)F.c1ccc(Cn2nc(NCC3CC3)c3cc(-c4cccnc4)nnc32)cc1. The molecule has 2 N–H and O–H groups in total. The third-order valence-electron chi connectivity index (χ3n) is 5.12. The number of nitrogens with one attached hydrogen (secondary N) is 1. The topological polar surface area (TPSA) is 106 Å². The molecule has 1 aromatic carbocycles. The van der Waals surface area contributed by atoms with Gasteiger partial charge in [-0.1, -0.05) is 30.3 Å². The average molecular weight is 470 g/mol. The van der Waals surface area contributed by atoms with Gasteiger partial charge in [-0.15, -0.1) is 10.2 Å². The van der Waals surface area contributed by atoms with Crippen molar-refractivity contribution in [1.29, 1.82) is 0 Å². The van der Waals surface area contributed by atoms with Crippen molar-refractivity contribution in [3.63, 3.8) is 0 Å². The molecule has 1 saturated carbocycles. The molecule has 4 aromatic rings. The van der Waals surface area contributed by atoms with Crippen molar-refractivity contribution < 1.29 is 23.1 Å². The molecule has 11 heteroatoms. The Labute approximate surface area is 192 Å². The van der Waals surface area contributed by atoms with E-state index in [9.17, 15) is 13.2 Å². The van der Waals surface area contributed by atoms with Crippen molar-refractivity contribution >= 4 is 22.8 Å². The van der Waals surface area contributed by atoms with Gasteiger partial charge in [0.1, 0.15) is 0 Å². The third-order valence-corrected chi connectivity index (χ3v) is 5.12. The van der Waals surface area contributed by atoms with Gasteiger partial charge < -0.3 is 10.4 Å². The van der Waals surface area contributed by atoms with E-state index in [-0.39, 0.29) is 0 Å². The lowest BCUT2D eigenvalue weighted by molar-refractivity contribution is -0.192. The molecule has 176 valence electrons. The minimum atomic E-state index is -5.08. The van der Waals surface area contributed by atoms with E-state index in [1.54, 1.807) is 6.20 Å². The van der Waals surface area contributed by atoms with Crippen molar-refractivity contribution in [1.82, 2.24) is 25.0 Å². The van der Waals surface area contributed by atoms with Crippen LogP contribution in [0.25, 0.3) is 22.3 Å². The fourth-order valence-corrected chi connectivity index (χ4v) is 3.19. The fraction of sp³-hybridized carbons (Fsp3) is 0.261. The molecular formula is C23H21F3N6O2. The number of hydrogen-bond acceptors (Lipinski definition) is 6. The van der Waals surface area contributed by atoms with Crippen molar-refractivity contribution in [3.05, 3.63) is 66.5 Å². The molecule has 3 aromatic heterocycles. The highest BCUT2D eigenvalue weighted by Gasteiger charge is 2.38. The molecule has 1 aliphatic rings. The molecule has 8 nitrogen and oxygen atoms in total. The van der Waals surface area contributed by atoms with Gasteiger partial charge >= 0.3 is 12.1 Å². The van der Waals surface area contributed by atoms with Crippen LogP contribution >= 0.6 is 0 Å². The normalized spacial score (nSPS) is 13.3. The first-order chi connectivity index (χ1) is 16.3. The third kappa shape index (κ3) is 5.85. The van der Waals surface area contributed by atoms with Crippen LogP contribution in [0.2, 0.25) is 0 Å². The first kappa shape index (κ1) is 23.1. The van der Waals surface area contributed by atoms with Crippen molar-refractivity contribution in [2.45, 2.75) is 25.6 Å². The van der Waals surface area contributed by atoms with E-state index < -0.39 is 12.1 Å². The number of fused-ring (bicyclic) bond motifs is 1.